The van der Waals surface area contributed by atoms with Crippen molar-refractivity contribution in [2.75, 3.05) is 11.5 Å². The van der Waals surface area contributed by atoms with Gasteiger partial charge in [0.1, 0.15) is 11.5 Å². The van der Waals surface area contributed by atoms with Gasteiger partial charge in [-0.25, -0.2) is 8.78 Å². The van der Waals surface area contributed by atoms with Gasteiger partial charge in [0.15, 0.2) is 23.1 Å². The van der Waals surface area contributed by atoms with Gasteiger partial charge in [-0.3, -0.25) is 0 Å². The van der Waals surface area contributed by atoms with Crippen LogP contribution >= 0.6 is 0 Å². The zero-order chi connectivity index (χ0) is 17.1. The van der Waals surface area contributed by atoms with Crippen molar-refractivity contribution >= 4 is 11.4 Å². The Balaban J connectivity index is 1.81. The van der Waals surface area contributed by atoms with E-state index in [2.05, 4.69) is 0 Å². The highest BCUT2D eigenvalue weighted by Crippen LogP contribution is 2.31. The zero-order valence-corrected chi connectivity index (χ0v) is 12.5. The average molecular weight is 328 g/mol. The Labute approximate surface area is 137 Å². The van der Waals surface area contributed by atoms with E-state index in [0.717, 1.165) is 0 Å². The molecule has 0 heterocycles. The lowest BCUT2D eigenvalue weighted by Crippen LogP contribution is -1.93. The fourth-order valence-electron chi connectivity index (χ4n) is 2.05. The maximum absolute atomic E-state index is 13.8. The molecule has 122 valence electrons. The standard InChI is InChI=1S/C18H14F2N2O2/c19-15-8-11(21)4-6-17(15)23-13-2-1-3-14(10-13)24-18-7-5-12(22)9-16(18)20/h1-10H,21-22H2. The molecular formula is C18H14F2N2O2. The van der Waals surface area contributed by atoms with Crippen molar-refractivity contribution in [3.05, 3.63) is 72.3 Å². The maximum Gasteiger partial charge on any atom is 0.167 e. The van der Waals surface area contributed by atoms with E-state index >= 15 is 0 Å². The first-order valence-corrected chi connectivity index (χ1v) is 7.07. The minimum Gasteiger partial charge on any atom is -0.454 e. The van der Waals surface area contributed by atoms with E-state index in [-0.39, 0.29) is 11.5 Å². The van der Waals surface area contributed by atoms with Crippen molar-refractivity contribution in [2.45, 2.75) is 0 Å². The van der Waals surface area contributed by atoms with Gasteiger partial charge in [-0.1, -0.05) is 6.07 Å². The first-order chi connectivity index (χ1) is 11.5. The number of anilines is 2. The van der Waals surface area contributed by atoms with E-state index in [1.54, 1.807) is 18.2 Å². The predicted octanol–water partition coefficient (Wildman–Crippen LogP) is 4.71. The van der Waals surface area contributed by atoms with Crippen LogP contribution in [0.3, 0.4) is 0 Å². The summed E-state index contributed by atoms with van der Waals surface area (Å²) in [4.78, 5) is 0. The average Bonchev–Trinajstić information content (AvgIpc) is 2.53. The van der Waals surface area contributed by atoms with E-state index < -0.39 is 11.6 Å². The molecule has 0 aromatic heterocycles. The highest BCUT2D eigenvalue weighted by Gasteiger charge is 2.08. The molecule has 0 saturated carbocycles. The molecule has 0 saturated heterocycles. The fourth-order valence-corrected chi connectivity index (χ4v) is 2.05. The van der Waals surface area contributed by atoms with Crippen LogP contribution < -0.4 is 20.9 Å². The van der Waals surface area contributed by atoms with Gasteiger partial charge in [0.25, 0.3) is 0 Å². The molecule has 3 aromatic rings. The zero-order valence-electron chi connectivity index (χ0n) is 12.5. The Bertz CT molecular complexity index is 816. The summed E-state index contributed by atoms with van der Waals surface area (Å²) < 4.78 is 38.5. The summed E-state index contributed by atoms with van der Waals surface area (Å²) in [7, 11) is 0. The van der Waals surface area contributed by atoms with Crippen molar-refractivity contribution in [2.24, 2.45) is 0 Å². The van der Waals surface area contributed by atoms with Crippen molar-refractivity contribution < 1.29 is 18.3 Å². The number of hydrogen-bond acceptors (Lipinski definition) is 4. The van der Waals surface area contributed by atoms with E-state index in [0.29, 0.717) is 22.9 Å². The topological polar surface area (TPSA) is 70.5 Å². The van der Waals surface area contributed by atoms with Crippen molar-refractivity contribution in [3.63, 3.8) is 0 Å². The number of ether oxygens (including phenoxy) is 2. The quantitative estimate of drug-likeness (QED) is 0.680. The summed E-state index contributed by atoms with van der Waals surface area (Å²) in [5.41, 5.74) is 11.6. The molecule has 0 atom stereocenters. The number of halogens is 2. The second-order valence-electron chi connectivity index (χ2n) is 5.06. The molecule has 0 radical (unpaired) electrons. The third-order valence-corrected chi connectivity index (χ3v) is 3.17. The summed E-state index contributed by atoms with van der Waals surface area (Å²) in [6.45, 7) is 0. The summed E-state index contributed by atoms with van der Waals surface area (Å²) in [6, 6.07) is 14.7. The van der Waals surface area contributed by atoms with E-state index in [1.807, 2.05) is 0 Å². The first-order valence-electron chi connectivity index (χ1n) is 7.07. The van der Waals surface area contributed by atoms with Crippen LogP contribution in [0.4, 0.5) is 20.2 Å². The second-order valence-corrected chi connectivity index (χ2v) is 5.06. The smallest absolute Gasteiger partial charge is 0.167 e. The van der Waals surface area contributed by atoms with E-state index in [1.165, 1.54) is 42.5 Å². The number of hydrogen-bond donors (Lipinski definition) is 2. The van der Waals surface area contributed by atoms with E-state index in [9.17, 15) is 8.78 Å². The Morgan fingerprint density at radius 2 is 1.08 bits per heavy atom. The van der Waals surface area contributed by atoms with Crippen LogP contribution in [0.2, 0.25) is 0 Å². The molecule has 0 fully saturated rings. The van der Waals surface area contributed by atoms with Gasteiger partial charge in [-0.15, -0.1) is 0 Å². The molecule has 0 aliphatic heterocycles. The van der Waals surface area contributed by atoms with Crippen molar-refractivity contribution in [1.82, 2.24) is 0 Å². The molecular weight excluding hydrogens is 314 g/mol. The lowest BCUT2D eigenvalue weighted by Gasteiger charge is -2.10. The van der Waals surface area contributed by atoms with Crippen LogP contribution in [-0.2, 0) is 0 Å². The maximum atomic E-state index is 13.8. The predicted molar refractivity (Wildman–Crippen MR) is 88.2 cm³/mol. The van der Waals surface area contributed by atoms with Crippen molar-refractivity contribution in [3.8, 4) is 23.0 Å². The minimum atomic E-state index is -0.578. The highest BCUT2D eigenvalue weighted by atomic mass is 19.1. The molecule has 3 rings (SSSR count). The van der Waals surface area contributed by atoms with Gasteiger partial charge in [0, 0.05) is 29.6 Å². The lowest BCUT2D eigenvalue weighted by molar-refractivity contribution is 0.425. The molecule has 4 nitrogen and oxygen atoms in total. The molecule has 24 heavy (non-hydrogen) atoms. The Morgan fingerprint density at radius 1 is 0.625 bits per heavy atom. The highest BCUT2D eigenvalue weighted by molar-refractivity contribution is 5.47. The molecule has 0 bridgehead atoms. The number of benzene rings is 3. The lowest BCUT2D eigenvalue weighted by atomic mass is 10.2. The Kier molecular flexibility index (Phi) is 4.20. The van der Waals surface area contributed by atoms with Crippen LogP contribution in [0.5, 0.6) is 23.0 Å². The van der Waals surface area contributed by atoms with E-state index in [4.69, 9.17) is 20.9 Å². The fraction of sp³-hybridized carbons (Fsp3) is 0. The van der Waals surface area contributed by atoms with Gasteiger partial charge in [0.05, 0.1) is 0 Å². The molecule has 4 N–H and O–H groups in total. The minimum absolute atomic E-state index is 0.0278. The van der Waals surface area contributed by atoms with Gasteiger partial charge >= 0.3 is 0 Å². The van der Waals surface area contributed by atoms with Crippen LogP contribution in [0.15, 0.2) is 60.7 Å². The van der Waals surface area contributed by atoms with Crippen LogP contribution in [0, 0.1) is 11.6 Å². The molecule has 0 spiro atoms. The van der Waals surface area contributed by atoms with Gasteiger partial charge in [0.2, 0.25) is 0 Å². The summed E-state index contributed by atoms with van der Waals surface area (Å²) in [5, 5.41) is 0. The van der Waals surface area contributed by atoms with Gasteiger partial charge in [-0.2, -0.15) is 0 Å². The molecule has 0 unspecified atom stereocenters. The molecule has 0 aliphatic rings. The van der Waals surface area contributed by atoms with Gasteiger partial charge in [-0.05, 0) is 36.4 Å². The largest absolute Gasteiger partial charge is 0.454 e. The molecule has 0 aliphatic carbocycles. The summed E-state index contributed by atoms with van der Waals surface area (Å²) in [5.74, 6) is -0.420. The van der Waals surface area contributed by atoms with Crippen LogP contribution in [-0.4, -0.2) is 0 Å². The SMILES string of the molecule is Nc1ccc(Oc2cccc(Oc3ccc(N)cc3F)c2)c(F)c1. The van der Waals surface area contributed by atoms with Crippen LogP contribution in [0.25, 0.3) is 0 Å². The first kappa shape index (κ1) is 15.6. The summed E-state index contributed by atoms with van der Waals surface area (Å²) >= 11 is 0. The molecule has 3 aromatic carbocycles. The number of nitrogens with two attached hydrogens (primary N) is 2. The van der Waals surface area contributed by atoms with Gasteiger partial charge < -0.3 is 20.9 Å². The third kappa shape index (κ3) is 3.55. The van der Waals surface area contributed by atoms with Crippen molar-refractivity contribution in [1.29, 1.82) is 0 Å². The number of rotatable bonds is 4. The monoisotopic (exact) mass is 328 g/mol. The second kappa shape index (κ2) is 6.45. The normalized spacial score (nSPS) is 10.4. The third-order valence-electron chi connectivity index (χ3n) is 3.17. The summed E-state index contributed by atoms with van der Waals surface area (Å²) in [6.07, 6.45) is 0. The number of nitrogen functional groups attached to an aromatic ring is 2. The molecule has 0 amide bonds. The Hall–Kier alpha value is -3.28. The molecule has 6 heteroatoms. The van der Waals surface area contributed by atoms with Crippen LogP contribution in [0.1, 0.15) is 0 Å². The Morgan fingerprint density at radius 3 is 1.50 bits per heavy atom.